The maximum atomic E-state index is 11.7. The van der Waals surface area contributed by atoms with Gasteiger partial charge in [-0.25, -0.2) is 24.0 Å². The zero-order valence-corrected chi connectivity index (χ0v) is 18.8. The highest BCUT2D eigenvalue weighted by atomic mass is 16.5. The third-order valence-electron chi connectivity index (χ3n) is 4.01. The van der Waals surface area contributed by atoms with E-state index in [1.54, 1.807) is 0 Å². The smallest absolute Gasteiger partial charge is 0.338 e. The van der Waals surface area contributed by atoms with E-state index in [2.05, 4.69) is 16.8 Å². The van der Waals surface area contributed by atoms with Gasteiger partial charge in [0.25, 0.3) is 0 Å². The van der Waals surface area contributed by atoms with E-state index in [0.29, 0.717) is 41.2 Å². The van der Waals surface area contributed by atoms with E-state index in [-0.39, 0.29) is 5.97 Å². The second-order valence-corrected chi connectivity index (χ2v) is 6.75. The van der Waals surface area contributed by atoms with Gasteiger partial charge in [0.15, 0.2) is 12.4 Å². The van der Waals surface area contributed by atoms with Crippen molar-refractivity contribution < 1.29 is 53.9 Å². The van der Waals surface area contributed by atoms with Crippen LogP contribution in [0.4, 0.5) is 0 Å². The van der Waals surface area contributed by atoms with Crippen LogP contribution in [-0.2, 0) is 23.9 Å². The fourth-order valence-corrected chi connectivity index (χ4v) is 2.26. The van der Waals surface area contributed by atoms with Gasteiger partial charge in [-0.3, -0.25) is 4.90 Å². The Morgan fingerprint density at radius 3 is 1.63 bits per heavy atom. The molecular formula is C21H27N3O11. The molecule has 14 heteroatoms. The Morgan fingerprint density at radius 1 is 0.857 bits per heavy atom. The molecule has 35 heavy (non-hydrogen) atoms. The van der Waals surface area contributed by atoms with E-state index in [1.807, 2.05) is 0 Å². The Balaban J connectivity index is 0.000000601. The molecular weight excluding hydrogens is 470 g/mol. The minimum atomic E-state index is -1.26. The normalized spacial score (nSPS) is 13.7. The van der Waals surface area contributed by atoms with Crippen molar-refractivity contribution >= 4 is 29.8 Å². The van der Waals surface area contributed by atoms with Crippen LogP contribution in [0.25, 0.3) is 0 Å². The number of likely N-dealkylation sites (N-methyl/N-ethyl adjacent to an activating group) is 1. The Hall–Kier alpha value is -4.30. The molecule has 1 aromatic rings. The van der Waals surface area contributed by atoms with Crippen molar-refractivity contribution in [3.05, 3.63) is 59.6 Å². The molecule has 2 heterocycles. The first kappa shape index (κ1) is 30.7. The molecule has 1 saturated heterocycles. The number of hydrogen-bond acceptors (Lipinski definition) is 9. The van der Waals surface area contributed by atoms with Crippen LogP contribution in [0.5, 0.6) is 0 Å². The lowest BCUT2D eigenvalue weighted by Gasteiger charge is -2.31. The predicted molar refractivity (Wildman–Crippen MR) is 118 cm³/mol. The van der Waals surface area contributed by atoms with Gasteiger partial charge in [0.1, 0.15) is 6.61 Å². The summed E-state index contributed by atoms with van der Waals surface area (Å²) in [6.45, 7) is 5.26. The first-order valence-electron chi connectivity index (χ1n) is 9.95. The summed E-state index contributed by atoms with van der Waals surface area (Å²) in [5.74, 6) is -5.41. The van der Waals surface area contributed by atoms with Gasteiger partial charge >= 0.3 is 29.8 Å². The van der Waals surface area contributed by atoms with Crippen LogP contribution in [0, 0.1) is 5.21 Å². The van der Waals surface area contributed by atoms with Gasteiger partial charge in [-0.15, -0.1) is 0 Å². The number of carbonyl (C=O) groups is 5. The van der Waals surface area contributed by atoms with Crippen LogP contribution in [0.2, 0.25) is 0 Å². The van der Waals surface area contributed by atoms with Crippen LogP contribution < -0.4 is 4.73 Å². The molecule has 0 unspecified atom stereocenters. The molecule has 0 aromatic carbocycles. The highest BCUT2D eigenvalue weighted by Gasteiger charge is 2.14. The minimum Gasteiger partial charge on any atom is -0.619 e. The van der Waals surface area contributed by atoms with Crippen LogP contribution in [-0.4, -0.2) is 106 Å². The third-order valence-corrected chi connectivity index (χ3v) is 4.01. The third kappa shape index (κ3) is 17.9. The number of hydrogen-bond donors (Lipinski definition) is 4. The van der Waals surface area contributed by atoms with Crippen molar-refractivity contribution in [2.24, 2.45) is 0 Å². The van der Waals surface area contributed by atoms with Gasteiger partial charge in [0.2, 0.25) is 0 Å². The van der Waals surface area contributed by atoms with Crippen molar-refractivity contribution in [2.45, 2.75) is 0 Å². The summed E-state index contributed by atoms with van der Waals surface area (Å²) in [5, 5.41) is 42.1. The molecule has 2 rings (SSSR count). The van der Waals surface area contributed by atoms with Crippen LogP contribution in [0.1, 0.15) is 10.4 Å². The molecule has 1 fully saturated rings. The summed E-state index contributed by atoms with van der Waals surface area (Å²) in [4.78, 5) is 54.5. The molecule has 0 radical (unpaired) electrons. The zero-order chi connectivity index (χ0) is 26.8. The van der Waals surface area contributed by atoms with Gasteiger partial charge in [-0.05, 0) is 7.05 Å². The SMILES string of the molecule is CN1CCN(CCOC(=O)c2cc[n+]([O-])cc2)CC1.O=C(O)/C=C\C(=O)O.O=C(O)/C=C\C(=O)O. The number of carbonyl (C=O) groups excluding carboxylic acids is 1. The van der Waals surface area contributed by atoms with Crippen molar-refractivity contribution in [2.75, 3.05) is 46.4 Å². The fraction of sp³-hybridized carbons (Fsp3) is 0.333. The molecule has 0 bridgehead atoms. The first-order chi connectivity index (χ1) is 16.4. The number of nitrogens with zero attached hydrogens (tertiary/aromatic N) is 3. The molecule has 1 aliphatic heterocycles. The Labute approximate surface area is 200 Å². The van der Waals surface area contributed by atoms with Crippen molar-refractivity contribution in [3.8, 4) is 0 Å². The number of pyridine rings is 1. The highest BCUT2D eigenvalue weighted by Crippen LogP contribution is 2.01. The molecule has 192 valence electrons. The second kappa shape index (κ2) is 17.2. The number of esters is 1. The van der Waals surface area contributed by atoms with Gasteiger partial charge in [0.05, 0.1) is 5.56 Å². The van der Waals surface area contributed by atoms with E-state index in [0.717, 1.165) is 32.7 Å². The van der Waals surface area contributed by atoms with Gasteiger partial charge < -0.3 is 35.3 Å². The lowest BCUT2D eigenvalue weighted by molar-refractivity contribution is -0.605. The Bertz CT molecular complexity index is 840. The Morgan fingerprint density at radius 2 is 1.26 bits per heavy atom. The van der Waals surface area contributed by atoms with Crippen LogP contribution in [0.3, 0.4) is 0 Å². The van der Waals surface area contributed by atoms with Crippen LogP contribution in [0.15, 0.2) is 48.8 Å². The van der Waals surface area contributed by atoms with E-state index in [9.17, 15) is 29.2 Å². The second-order valence-electron chi connectivity index (χ2n) is 6.75. The van der Waals surface area contributed by atoms with Crippen LogP contribution >= 0.6 is 0 Å². The number of rotatable bonds is 8. The van der Waals surface area contributed by atoms with Gasteiger partial charge in [0, 0.05) is 69.2 Å². The summed E-state index contributed by atoms with van der Waals surface area (Å²) in [6.07, 6.45) is 4.81. The molecule has 0 amide bonds. The summed E-state index contributed by atoms with van der Waals surface area (Å²) in [7, 11) is 2.11. The molecule has 0 aliphatic carbocycles. The quantitative estimate of drug-likeness (QED) is 0.149. The maximum absolute atomic E-state index is 11.7. The summed E-state index contributed by atoms with van der Waals surface area (Å²) in [6, 6.07) is 2.93. The van der Waals surface area contributed by atoms with Gasteiger partial charge in [-0.1, -0.05) is 0 Å². The molecule has 1 aromatic heterocycles. The monoisotopic (exact) mass is 497 g/mol. The minimum absolute atomic E-state index is 0.380. The molecule has 14 nitrogen and oxygen atoms in total. The standard InChI is InChI=1S/C13H19N3O3.2C4H4O4/c1-14-6-8-15(9-7-14)10-11-19-13(17)12-2-4-16(18)5-3-12;2*5-3(6)1-2-4(7)8/h2-5H,6-11H2,1H3;2*1-2H,(H,5,6)(H,7,8)/b;2*2-1-. The predicted octanol–water partition coefficient (Wildman–Crippen LogP) is -0.852. The van der Waals surface area contributed by atoms with Gasteiger partial charge in [-0.2, -0.15) is 4.73 Å². The van der Waals surface area contributed by atoms with E-state index >= 15 is 0 Å². The number of carboxylic acid groups (broad SMARTS) is 4. The van der Waals surface area contributed by atoms with Crippen molar-refractivity contribution in [1.82, 2.24) is 9.80 Å². The summed E-state index contributed by atoms with van der Waals surface area (Å²) < 4.78 is 5.83. The topological polar surface area (TPSA) is 209 Å². The first-order valence-corrected chi connectivity index (χ1v) is 9.95. The summed E-state index contributed by atoms with van der Waals surface area (Å²) >= 11 is 0. The van der Waals surface area contributed by atoms with E-state index in [1.165, 1.54) is 24.5 Å². The summed E-state index contributed by atoms with van der Waals surface area (Å²) in [5.41, 5.74) is 0.408. The zero-order valence-electron chi connectivity index (χ0n) is 18.8. The molecule has 4 N–H and O–H groups in total. The molecule has 0 saturated carbocycles. The number of piperazine rings is 1. The largest absolute Gasteiger partial charge is 0.619 e. The van der Waals surface area contributed by atoms with Crippen molar-refractivity contribution in [1.29, 1.82) is 0 Å². The average molecular weight is 497 g/mol. The van der Waals surface area contributed by atoms with E-state index in [4.69, 9.17) is 25.2 Å². The average Bonchev–Trinajstić information content (AvgIpc) is 2.79. The molecule has 1 aliphatic rings. The lowest BCUT2D eigenvalue weighted by atomic mass is 10.3. The fourth-order valence-electron chi connectivity index (χ4n) is 2.26. The molecule has 0 spiro atoms. The van der Waals surface area contributed by atoms with Crippen molar-refractivity contribution in [3.63, 3.8) is 0 Å². The van der Waals surface area contributed by atoms with E-state index < -0.39 is 23.9 Å². The lowest BCUT2D eigenvalue weighted by Crippen LogP contribution is -2.45. The Kier molecular flexibility index (Phi) is 15.1. The number of carboxylic acids is 4. The maximum Gasteiger partial charge on any atom is 0.338 e. The molecule has 0 atom stereocenters. The highest BCUT2D eigenvalue weighted by molar-refractivity contribution is 5.90. The number of aliphatic carboxylic acids is 4. The number of aromatic nitrogens is 1. The number of ether oxygens (including phenoxy) is 1.